The van der Waals surface area contributed by atoms with Crippen molar-refractivity contribution < 1.29 is 13.2 Å². The molecule has 3 rings (SSSR count). The third-order valence-corrected chi connectivity index (χ3v) is 4.72. The maximum atomic E-state index is 12.4. The summed E-state index contributed by atoms with van der Waals surface area (Å²) in [5, 5.41) is 2.84. The Kier molecular flexibility index (Phi) is 3.85. The van der Waals surface area contributed by atoms with Gasteiger partial charge in [0.2, 0.25) is 0 Å². The SMILES string of the molecule is O=C(NC1CC1)c1cccc(S(=O)(=O)Nc2ccccc2)c1. The normalized spacial score (nSPS) is 14.4. The summed E-state index contributed by atoms with van der Waals surface area (Å²) in [5.41, 5.74) is 0.832. The molecule has 1 saturated carbocycles. The van der Waals surface area contributed by atoms with Crippen LogP contribution in [0.3, 0.4) is 0 Å². The van der Waals surface area contributed by atoms with Gasteiger partial charge in [-0.15, -0.1) is 0 Å². The Morgan fingerprint density at radius 1 is 1.00 bits per heavy atom. The summed E-state index contributed by atoms with van der Waals surface area (Å²) in [5.74, 6) is -0.237. The van der Waals surface area contributed by atoms with E-state index < -0.39 is 10.0 Å². The van der Waals surface area contributed by atoms with E-state index >= 15 is 0 Å². The van der Waals surface area contributed by atoms with Crippen molar-refractivity contribution in [1.29, 1.82) is 0 Å². The molecule has 0 saturated heterocycles. The number of anilines is 1. The minimum atomic E-state index is -3.71. The zero-order valence-corrected chi connectivity index (χ0v) is 12.6. The van der Waals surface area contributed by atoms with Gasteiger partial charge in [-0.05, 0) is 43.2 Å². The molecule has 22 heavy (non-hydrogen) atoms. The van der Waals surface area contributed by atoms with Crippen molar-refractivity contribution in [2.24, 2.45) is 0 Å². The van der Waals surface area contributed by atoms with Crippen LogP contribution in [-0.2, 0) is 10.0 Å². The number of sulfonamides is 1. The molecule has 0 atom stereocenters. The second kappa shape index (κ2) is 5.81. The van der Waals surface area contributed by atoms with Crippen molar-refractivity contribution in [2.45, 2.75) is 23.8 Å². The molecule has 0 spiro atoms. The number of carbonyl (C=O) groups is 1. The maximum absolute atomic E-state index is 12.4. The number of benzene rings is 2. The van der Waals surface area contributed by atoms with Crippen LogP contribution < -0.4 is 10.0 Å². The van der Waals surface area contributed by atoms with Gasteiger partial charge in [0, 0.05) is 17.3 Å². The monoisotopic (exact) mass is 316 g/mol. The lowest BCUT2D eigenvalue weighted by Crippen LogP contribution is -2.25. The van der Waals surface area contributed by atoms with Gasteiger partial charge in [0.1, 0.15) is 0 Å². The second-order valence-electron chi connectivity index (χ2n) is 5.25. The fourth-order valence-corrected chi connectivity index (χ4v) is 3.13. The lowest BCUT2D eigenvalue weighted by molar-refractivity contribution is 0.0951. The van der Waals surface area contributed by atoms with Gasteiger partial charge in [0.15, 0.2) is 0 Å². The topological polar surface area (TPSA) is 75.3 Å². The van der Waals surface area contributed by atoms with Gasteiger partial charge < -0.3 is 5.32 Å². The van der Waals surface area contributed by atoms with Gasteiger partial charge in [0.25, 0.3) is 15.9 Å². The first-order valence-corrected chi connectivity index (χ1v) is 8.52. The number of para-hydroxylation sites is 1. The predicted octanol–water partition coefficient (Wildman–Crippen LogP) is 2.38. The molecule has 5 nitrogen and oxygen atoms in total. The first kappa shape index (κ1) is 14.6. The van der Waals surface area contributed by atoms with E-state index in [4.69, 9.17) is 0 Å². The Bertz CT molecular complexity index is 784. The van der Waals surface area contributed by atoms with Crippen LogP contribution in [0.25, 0.3) is 0 Å². The third kappa shape index (κ3) is 3.46. The van der Waals surface area contributed by atoms with Crippen LogP contribution in [-0.4, -0.2) is 20.4 Å². The molecule has 0 aromatic heterocycles. The molecule has 114 valence electrons. The lowest BCUT2D eigenvalue weighted by Gasteiger charge is -2.09. The molecule has 2 aromatic rings. The molecule has 6 heteroatoms. The molecule has 0 aliphatic heterocycles. The van der Waals surface area contributed by atoms with Crippen molar-refractivity contribution >= 4 is 21.6 Å². The van der Waals surface area contributed by atoms with Gasteiger partial charge in [0.05, 0.1) is 4.90 Å². The Hall–Kier alpha value is -2.34. The van der Waals surface area contributed by atoms with Crippen molar-refractivity contribution in [3.05, 3.63) is 60.2 Å². The van der Waals surface area contributed by atoms with E-state index in [1.165, 1.54) is 12.1 Å². The van der Waals surface area contributed by atoms with E-state index in [0.29, 0.717) is 11.3 Å². The van der Waals surface area contributed by atoms with Gasteiger partial charge in [-0.3, -0.25) is 9.52 Å². The van der Waals surface area contributed by atoms with E-state index in [-0.39, 0.29) is 16.8 Å². The van der Waals surface area contributed by atoms with Crippen molar-refractivity contribution in [1.82, 2.24) is 5.32 Å². The maximum Gasteiger partial charge on any atom is 0.261 e. The first-order chi connectivity index (χ1) is 10.5. The fraction of sp³-hybridized carbons (Fsp3) is 0.188. The van der Waals surface area contributed by atoms with Crippen LogP contribution in [0, 0.1) is 0 Å². The van der Waals surface area contributed by atoms with Gasteiger partial charge in [-0.1, -0.05) is 24.3 Å². The molecule has 2 N–H and O–H groups in total. The van der Waals surface area contributed by atoms with E-state index in [9.17, 15) is 13.2 Å². The van der Waals surface area contributed by atoms with Crippen LogP contribution in [0.1, 0.15) is 23.2 Å². The number of nitrogens with one attached hydrogen (secondary N) is 2. The lowest BCUT2D eigenvalue weighted by atomic mass is 10.2. The minimum absolute atomic E-state index is 0.0693. The van der Waals surface area contributed by atoms with Crippen LogP contribution in [0.15, 0.2) is 59.5 Å². The van der Waals surface area contributed by atoms with Crippen LogP contribution in [0.5, 0.6) is 0 Å². The van der Waals surface area contributed by atoms with Crippen molar-refractivity contribution in [2.75, 3.05) is 4.72 Å². The van der Waals surface area contributed by atoms with E-state index in [1.54, 1.807) is 42.5 Å². The van der Waals surface area contributed by atoms with Gasteiger partial charge in [-0.2, -0.15) is 0 Å². The number of rotatable bonds is 5. The van der Waals surface area contributed by atoms with Crippen LogP contribution >= 0.6 is 0 Å². The Labute approximate surface area is 129 Å². The highest BCUT2D eigenvalue weighted by Crippen LogP contribution is 2.20. The minimum Gasteiger partial charge on any atom is -0.349 e. The number of amides is 1. The Morgan fingerprint density at radius 3 is 2.41 bits per heavy atom. The standard InChI is InChI=1S/C16H16N2O3S/c19-16(17-13-9-10-13)12-5-4-8-15(11-12)22(20,21)18-14-6-2-1-3-7-14/h1-8,11,13,18H,9-10H2,(H,17,19). The average Bonchev–Trinajstić information content (AvgIpc) is 3.32. The second-order valence-corrected chi connectivity index (χ2v) is 6.93. The molecule has 1 aliphatic carbocycles. The fourth-order valence-electron chi connectivity index (χ4n) is 2.02. The van der Waals surface area contributed by atoms with Crippen molar-refractivity contribution in [3.63, 3.8) is 0 Å². The highest BCUT2D eigenvalue weighted by atomic mass is 32.2. The molecule has 0 heterocycles. The Balaban J connectivity index is 1.82. The summed E-state index contributed by atoms with van der Waals surface area (Å²) in [4.78, 5) is 12.1. The number of carbonyl (C=O) groups excluding carboxylic acids is 1. The molecular formula is C16H16N2O3S. The zero-order valence-electron chi connectivity index (χ0n) is 11.8. The summed E-state index contributed by atoms with van der Waals surface area (Å²) in [6.07, 6.45) is 1.97. The van der Waals surface area contributed by atoms with Gasteiger partial charge in [-0.25, -0.2) is 8.42 Å². The number of hydrogen-bond acceptors (Lipinski definition) is 3. The highest BCUT2D eigenvalue weighted by Gasteiger charge is 2.24. The molecule has 0 unspecified atom stereocenters. The summed E-state index contributed by atoms with van der Waals surface area (Å²) in [7, 11) is -3.71. The summed E-state index contributed by atoms with van der Waals surface area (Å²) >= 11 is 0. The largest absolute Gasteiger partial charge is 0.349 e. The molecule has 0 bridgehead atoms. The van der Waals surface area contributed by atoms with E-state index in [2.05, 4.69) is 10.0 Å². The molecule has 2 aromatic carbocycles. The van der Waals surface area contributed by atoms with Crippen molar-refractivity contribution in [3.8, 4) is 0 Å². The predicted molar refractivity (Wildman–Crippen MR) is 84.2 cm³/mol. The summed E-state index contributed by atoms with van der Waals surface area (Å²) < 4.78 is 27.2. The molecular weight excluding hydrogens is 300 g/mol. The van der Waals surface area contributed by atoms with E-state index in [1.807, 2.05) is 0 Å². The van der Waals surface area contributed by atoms with Crippen LogP contribution in [0.2, 0.25) is 0 Å². The highest BCUT2D eigenvalue weighted by molar-refractivity contribution is 7.92. The molecule has 1 amide bonds. The average molecular weight is 316 g/mol. The first-order valence-electron chi connectivity index (χ1n) is 7.03. The Morgan fingerprint density at radius 2 is 1.73 bits per heavy atom. The molecule has 1 aliphatic rings. The quantitative estimate of drug-likeness (QED) is 0.889. The smallest absolute Gasteiger partial charge is 0.261 e. The zero-order chi connectivity index (χ0) is 15.6. The number of hydrogen-bond donors (Lipinski definition) is 2. The molecule has 1 fully saturated rings. The van der Waals surface area contributed by atoms with E-state index in [0.717, 1.165) is 12.8 Å². The molecule has 0 radical (unpaired) electrons. The summed E-state index contributed by atoms with van der Waals surface area (Å²) in [6, 6.07) is 14.9. The van der Waals surface area contributed by atoms with Crippen LogP contribution in [0.4, 0.5) is 5.69 Å². The summed E-state index contributed by atoms with van der Waals surface area (Å²) in [6.45, 7) is 0. The third-order valence-electron chi connectivity index (χ3n) is 3.35. The van der Waals surface area contributed by atoms with Gasteiger partial charge >= 0.3 is 0 Å².